The lowest BCUT2D eigenvalue weighted by Gasteiger charge is -2.34. The van der Waals surface area contributed by atoms with Crippen LogP contribution in [0.25, 0.3) is 10.8 Å². The van der Waals surface area contributed by atoms with Crippen molar-refractivity contribution >= 4 is 50.2 Å². The Labute approximate surface area is 219 Å². The van der Waals surface area contributed by atoms with Crippen LogP contribution in [-0.2, 0) is 25.2 Å². The smallest absolute Gasteiger partial charge is 0.325 e. The predicted molar refractivity (Wildman–Crippen MR) is 138 cm³/mol. The number of nitrogens with zero attached hydrogens (tertiary/aromatic N) is 3. The summed E-state index contributed by atoms with van der Waals surface area (Å²) in [4.78, 5) is 41.5. The molecule has 0 radical (unpaired) electrons. The molecule has 4 amide bonds. The number of rotatable bonds is 5. The summed E-state index contributed by atoms with van der Waals surface area (Å²) in [5.74, 6) is -0.942. The molecule has 2 aliphatic heterocycles. The second-order valence-electron chi connectivity index (χ2n) is 9.22. The highest BCUT2D eigenvalue weighted by atomic mass is 35.5. The molecule has 0 aliphatic carbocycles. The maximum atomic E-state index is 13.3. The molecule has 37 heavy (non-hydrogen) atoms. The Hall–Kier alpha value is -3.47. The number of sulfonamides is 1. The van der Waals surface area contributed by atoms with Crippen molar-refractivity contribution in [1.29, 1.82) is 0 Å². The second-order valence-corrected chi connectivity index (χ2v) is 11.5. The summed E-state index contributed by atoms with van der Waals surface area (Å²) >= 11 is 6.08. The molecular weight excluding hydrogens is 516 g/mol. The maximum Gasteiger partial charge on any atom is 0.325 e. The van der Waals surface area contributed by atoms with E-state index in [1.165, 1.54) is 21.3 Å². The Morgan fingerprint density at radius 1 is 0.946 bits per heavy atom. The van der Waals surface area contributed by atoms with Crippen LogP contribution < -0.4 is 5.32 Å². The molecule has 1 unspecified atom stereocenters. The zero-order valence-corrected chi connectivity index (χ0v) is 21.6. The largest absolute Gasteiger partial charge is 0.338 e. The molecule has 1 N–H and O–H groups in total. The first kappa shape index (κ1) is 25.2. The number of amides is 4. The molecule has 5 rings (SSSR count). The summed E-state index contributed by atoms with van der Waals surface area (Å²) in [5.41, 5.74) is -0.679. The molecular formula is C26H25ClN4O5S. The van der Waals surface area contributed by atoms with Crippen LogP contribution in [0.4, 0.5) is 4.79 Å². The van der Waals surface area contributed by atoms with E-state index in [1.807, 2.05) is 36.4 Å². The molecule has 3 aromatic rings. The molecule has 1 atom stereocenters. The third kappa shape index (κ3) is 4.45. The number of urea groups is 1. The molecule has 0 bridgehead atoms. The van der Waals surface area contributed by atoms with E-state index >= 15 is 0 Å². The first-order valence-corrected chi connectivity index (χ1v) is 13.6. The van der Waals surface area contributed by atoms with Crippen molar-refractivity contribution < 1.29 is 22.8 Å². The van der Waals surface area contributed by atoms with Gasteiger partial charge in [-0.2, -0.15) is 4.31 Å². The SMILES string of the molecule is CC1(c2ccc3ccccc3c2)NC(=O)N(CC(=O)N2CCN(S(=O)(=O)c3ccccc3Cl)CC2)C1=O. The summed E-state index contributed by atoms with van der Waals surface area (Å²) in [6.07, 6.45) is 0. The molecule has 2 fully saturated rings. The van der Waals surface area contributed by atoms with Gasteiger partial charge in [0.25, 0.3) is 5.91 Å². The minimum absolute atomic E-state index is 0.0174. The molecule has 0 spiro atoms. The summed E-state index contributed by atoms with van der Waals surface area (Å²) in [6, 6.07) is 18.8. The van der Waals surface area contributed by atoms with Crippen molar-refractivity contribution in [3.8, 4) is 0 Å². The van der Waals surface area contributed by atoms with Crippen molar-refractivity contribution in [3.05, 3.63) is 77.3 Å². The number of fused-ring (bicyclic) bond motifs is 1. The number of benzene rings is 3. The third-order valence-corrected chi connectivity index (χ3v) is 9.34. The van der Waals surface area contributed by atoms with Crippen LogP contribution in [0.2, 0.25) is 5.02 Å². The highest BCUT2D eigenvalue weighted by Crippen LogP contribution is 2.31. The molecule has 11 heteroatoms. The van der Waals surface area contributed by atoms with Crippen LogP contribution in [0.3, 0.4) is 0 Å². The average molecular weight is 541 g/mol. The van der Waals surface area contributed by atoms with Crippen molar-refractivity contribution in [3.63, 3.8) is 0 Å². The summed E-state index contributed by atoms with van der Waals surface area (Å²) in [7, 11) is -3.81. The standard InChI is InChI=1S/C26H25ClN4O5S/c1-26(20-11-10-18-6-2-3-7-19(18)16-20)24(33)31(25(34)28-26)17-23(32)29-12-14-30(15-13-29)37(35,36)22-9-5-4-8-21(22)27/h2-11,16H,12-15,17H2,1H3,(H,28,34). The first-order valence-electron chi connectivity index (χ1n) is 11.8. The van der Waals surface area contributed by atoms with E-state index in [1.54, 1.807) is 25.1 Å². The normalized spacial score (nSPS) is 20.9. The van der Waals surface area contributed by atoms with Crippen molar-refractivity contribution in [2.45, 2.75) is 17.4 Å². The van der Waals surface area contributed by atoms with E-state index in [0.717, 1.165) is 15.7 Å². The highest BCUT2D eigenvalue weighted by Gasteiger charge is 2.50. The third-order valence-electron chi connectivity index (χ3n) is 6.94. The molecule has 3 aromatic carbocycles. The Bertz CT molecular complexity index is 1520. The summed E-state index contributed by atoms with van der Waals surface area (Å²) in [6.45, 7) is 1.62. The van der Waals surface area contributed by atoms with E-state index in [0.29, 0.717) is 5.56 Å². The van der Waals surface area contributed by atoms with Crippen LogP contribution in [0.15, 0.2) is 71.6 Å². The molecule has 2 aliphatic rings. The predicted octanol–water partition coefficient (Wildman–Crippen LogP) is 2.79. The Morgan fingerprint density at radius 2 is 1.59 bits per heavy atom. The topological polar surface area (TPSA) is 107 Å². The minimum Gasteiger partial charge on any atom is -0.338 e. The fraction of sp³-hybridized carbons (Fsp3) is 0.269. The lowest BCUT2D eigenvalue weighted by atomic mass is 9.90. The van der Waals surface area contributed by atoms with E-state index in [-0.39, 0.29) is 36.1 Å². The van der Waals surface area contributed by atoms with Crippen molar-refractivity contribution in [2.24, 2.45) is 0 Å². The molecule has 192 valence electrons. The Morgan fingerprint density at radius 3 is 2.30 bits per heavy atom. The van der Waals surface area contributed by atoms with Gasteiger partial charge in [-0.05, 0) is 41.5 Å². The fourth-order valence-electron chi connectivity index (χ4n) is 4.74. The van der Waals surface area contributed by atoms with Gasteiger partial charge in [0.2, 0.25) is 15.9 Å². The Balaban J connectivity index is 1.26. The number of nitrogens with one attached hydrogen (secondary N) is 1. The van der Waals surface area contributed by atoms with E-state index < -0.39 is 40.0 Å². The lowest BCUT2D eigenvalue weighted by molar-refractivity contribution is -0.139. The van der Waals surface area contributed by atoms with Crippen LogP contribution in [0, 0.1) is 0 Å². The van der Waals surface area contributed by atoms with Crippen molar-refractivity contribution in [1.82, 2.24) is 19.4 Å². The number of hydrogen-bond acceptors (Lipinski definition) is 5. The number of piperazine rings is 1. The van der Waals surface area contributed by atoms with Crippen LogP contribution >= 0.6 is 11.6 Å². The zero-order valence-electron chi connectivity index (χ0n) is 20.1. The maximum absolute atomic E-state index is 13.3. The average Bonchev–Trinajstić information content (AvgIpc) is 3.12. The van der Waals surface area contributed by atoms with Gasteiger partial charge in [-0.1, -0.05) is 60.1 Å². The highest BCUT2D eigenvalue weighted by molar-refractivity contribution is 7.89. The number of carbonyl (C=O) groups excluding carboxylic acids is 3. The molecule has 0 aromatic heterocycles. The number of imide groups is 1. The number of halogens is 1. The van der Waals surface area contributed by atoms with Gasteiger partial charge in [-0.25, -0.2) is 13.2 Å². The van der Waals surface area contributed by atoms with Crippen molar-refractivity contribution in [2.75, 3.05) is 32.7 Å². The summed E-state index contributed by atoms with van der Waals surface area (Å²) < 4.78 is 27.2. The Kier molecular flexibility index (Phi) is 6.43. The quantitative estimate of drug-likeness (QED) is 0.501. The van der Waals surface area contributed by atoms with Gasteiger partial charge in [0.15, 0.2) is 0 Å². The minimum atomic E-state index is -3.81. The van der Waals surface area contributed by atoms with E-state index in [9.17, 15) is 22.8 Å². The van der Waals surface area contributed by atoms with Gasteiger partial charge in [0.1, 0.15) is 17.0 Å². The van der Waals surface area contributed by atoms with E-state index in [2.05, 4.69) is 5.32 Å². The van der Waals surface area contributed by atoms with Crippen LogP contribution in [0.5, 0.6) is 0 Å². The van der Waals surface area contributed by atoms with E-state index in [4.69, 9.17) is 11.6 Å². The molecule has 9 nitrogen and oxygen atoms in total. The first-order chi connectivity index (χ1) is 17.6. The molecule has 2 saturated heterocycles. The van der Waals surface area contributed by atoms with Crippen LogP contribution in [-0.4, -0.2) is 73.1 Å². The molecule has 0 saturated carbocycles. The van der Waals surface area contributed by atoms with Crippen LogP contribution in [0.1, 0.15) is 12.5 Å². The van der Waals surface area contributed by atoms with Gasteiger partial charge < -0.3 is 10.2 Å². The zero-order chi connectivity index (χ0) is 26.4. The number of hydrogen-bond donors (Lipinski definition) is 1. The van der Waals surface area contributed by atoms with Gasteiger partial charge in [-0.15, -0.1) is 0 Å². The van der Waals surface area contributed by atoms with Gasteiger partial charge in [-0.3, -0.25) is 14.5 Å². The van der Waals surface area contributed by atoms with Gasteiger partial charge in [0, 0.05) is 26.2 Å². The van der Waals surface area contributed by atoms with Gasteiger partial charge >= 0.3 is 6.03 Å². The monoisotopic (exact) mass is 540 g/mol. The molecule has 2 heterocycles. The van der Waals surface area contributed by atoms with Gasteiger partial charge in [0.05, 0.1) is 5.02 Å². The lowest BCUT2D eigenvalue weighted by Crippen LogP contribution is -2.53. The second kappa shape index (κ2) is 9.44. The summed E-state index contributed by atoms with van der Waals surface area (Å²) in [5, 5.41) is 4.81. The fourth-order valence-corrected chi connectivity index (χ4v) is 6.66. The number of carbonyl (C=O) groups is 3.